The molecule has 0 aromatic carbocycles. The Morgan fingerprint density at radius 3 is 2.65 bits per heavy atom. The topological polar surface area (TPSA) is 59.7 Å². The summed E-state index contributed by atoms with van der Waals surface area (Å²) in [5, 5.41) is 0.445. The van der Waals surface area contributed by atoms with Gasteiger partial charge in [-0.3, -0.25) is 4.40 Å². The van der Waals surface area contributed by atoms with Gasteiger partial charge in [-0.2, -0.15) is 0 Å². The van der Waals surface area contributed by atoms with Crippen LogP contribution >= 0.6 is 27.5 Å². The molecule has 142 valence electrons. The molecule has 1 aliphatic heterocycles. The van der Waals surface area contributed by atoms with Crippen LogP contribution in [-0.4, -0.2) is 44.1 Å². The molecule has 0 radical (unpaired) electrons. The molecule has 2 aromatic heterocycles. The van der Waals surface area contributed by atoms with E-state index in [1.807, 2.05) is 33.9 Å². The van der Waals surface area contributed by atoms with E-state index < -0.39 is 5.60 Å². The number of hydrogen-bond donors (Lipinski definition) is 0. The summed E-state index contributed by atoms with van der Waals surface area (Å²) in [7, 11) is 0. The van der Waals surface area contributed by atoms with Crippen LogP contribution in [0.5, 0.6) is 0 Å². The second kappa shape index (κ2) is 7.35. The Labute approximate surface area is 167 Å². The highest BCUT2D eigenvalue weighted by Crippen LogP contribution is 2.29. The standard InChI is InChI=1S/C18H24BrClN4O2/c1-11-22-15(19)14-16(20)21-10-13(24(11)14)9-12-5-7-23(8-6-12)17(25)26-18(2,3)4/h10,12H,5-9H2,1-4H3. The summed E-state index contributed by atoms with van der Waals surface area (Å²) < 4.78 is 8.25. The first-order chi connectivity index (χ1) is 12.2. The Kier molecular flexibility index (Phi) is 5.49. The number of ether oxygens (including phenoxy) is 1. The molecule has 1 amide bonds. The summed E-state index contributed by atoms with van der Waals surface area (Å²) in [6.45, 7) is 9.07. The molecule has 0 spiro atoms. The van der Waals surface area contributed by atoms with E-state index in [0.29, 0.717) is 15.7 Å². The fourth-order valence-electron chi connectivity index (χ4n) is 3.36. The van der Waals surface area contributed by atoms with Gasteiger partial charge in [0.05, 0.1) is 0 Å². The summed E-state index contributed by atoms with van der Waals surface area (Å²) in [6.07, 6.45) is 4.38. The number of halogens is 2. The maximum atomic E-state index is 12.2. The predicted molar refractivity (Wildman–Crippen MR) is 105 cm³/mol. The number of fused-ring (bicyclic) bond motifs is 1. The first-order valence-corrected chi connectivity index (χ1v) is 9.98. The predicted octanol–water partition coefficient (Wildman–Crippen LogP) is 4.64. The fraction of sp³-hybridized carbons (Fsp3) is 0.611. The zero-order chi connectivity index (χ0) is 19.1. The van der Waals surface area contributed by atoms with Crippen LogP contribution in [0.1, 0.15) is 45.1 Å². The molecule has 1 aliphatic rings. The number of hydrogen-bond acceptors (Lipinski definition) is 4. The molecule has 1 saturated heterocycles. The molecule has 26 heavy (non-hydrogen) atoms. The van der Waals surface area contributed by atoms with Gasteiger partial charge in [-0.15, -0.1) is 0 Å². The first-order valence-electron chi connectivity index (χ1n) is 8.81. The summed E-state index contributed by atoms with van der Waals surface area (Å²) in [5.74, 6) is 1.37. The van der Waals surface area contributed by atoms with E-state index >= 15 is 0 Å². The summed E-state index contributed by atoms with van der Waals surface area (Å²) >= 11 is 9.70. The molecule has 0 unspecified atom stereocenters. The Balaban J connectivity index is 1.68. The van der Waals surface area contributed by atoms with Gasteiger partial charge in [-0.05, 0) is 68.8 Å². The van der Waals surface area contributed by atoms with E-state index in [-0.39, 0.29) is 6.09 Å². The van der Waals surface area contributed by atoms with Crippen molar-refractivity contribution in [1.82, 2.24) is 19.3 Å². The highest BCUT2D eigenvalue weighted by Gasteiger charge is 2.27. The monoisotopic (exact) mass is 442 g/mol. The summed E-state index contributed by atoms with van der Waals surface area (Å²) in [4.78, 5) is 22.8. The number of carbonyl (C=O) groups excluding carboxylic acids is 1. The van der Waals surface area contributed by atoms with Gasteiger partial charge >= 0.3 is 6.09 Å². The molecule has 0 saturated carbocycles. The average Bonchev–Trinajstić information content (AvgIpc) is 2.85. The maximum Gasteiger partial charge on any atom is 0.410 e. The zero-order valence-corrected chi connectivity index (χ0v) is 17.9. The van der Waals surface area contributed by atoms with Crippen molar-refractivity contribution in [1.29, 1.82) is 0 Å². The molecule has 0 atom stereocenters. The number of aryl methyl sites for hydroxylation is 1. The number of piperidine rings is 1. The lowest BCUT2D eigenvalue weighted by Crippen LogP contribution is -2.42. The number of rotatable bonds is 2. The molecule has 0 bridgehead atoms. The van der Waals surface area contributed by atoms with Crippen molar-refractivity contribution in [3.63, 3.8) is 0 Å². The van der Waals surface area contributed by atoms with E-state index in [2.05, 4.69) is 30.3 Å². The average molecular weight is 444 g/mol. The van der Waals surface area contributed by atoms with Gasteiger partial charge in [0.15, 0.2) is 5.15 Å². The number of amides is 1. The first kappa shape index (κ1) is 19.4. The number of likely N-dealkylation sites (tertiary alicyclic amines) is 1. The van der Waals surface area contributed by atoms with Crippen molar-refractivity contribution < 1.29 is 9.53 Å². The second-order valence-corrected chi connectivity index (χ2v) is 8.90. The molecule has 6 nitrogen and oxygen atoms in total. The summed E-state index contributed by atoms with van der Waals surface area (Å²) in [5.41, 5.74) is 1.45. The Hall–Kier alpha value is -1.34. The SMILES string of the molecule is Cc1nc(Br)c2c(Cl)ncc(CC3CCN(C(=O)OC(C)(C)C)CC3)n12. The minimum absolute atomic E-state index is 0.221. The number of carbonyl (C=O) groups is 1. The fourth-order valence-corrected chi connectivity index (χ4v) is 4.32. The van der Waals surface area contributed by atoms with Crippen LogP contribution in [0.3, 0.4) is 0 Å². The van der Waals surface area contributed by atoms with Crippen LogP contribution < -0.4 is 0 Å². The van der Waals surface area contributed by atoms with Crippen LogP contribution in [0, 0.1) is 12.8 Å². The third-order valence-corrected chi connectivity index (χ3v) is 5.41. The van der Waals surface area contributed by atoms with Crippen LogP contribution in [0.25, 0.3) is 5.52 Å². The van der Waals surface area contributed by atoms with E-state index in [9.17, 15) is 4.79 Å². The lowest BCUT2D eigenvalue weighted by molar-refractivity contribution is 0.0184. The minimum atomic E-state index is -0.457. The quantitative estimate of drug-likeness (QED) is 0.678. The maximum absolute atomic E-state index is 12.2. The van der Waals surface area contributed by atoms with Gasteiger partial charge < -0.3 is 9.64 Å². The second-order valence-electron chi connectivity index (χ2n) is 7.79. The largest absolute Gasteiger partial charge is 0.444 e. The van der Waals surface area contributed by atoms with E-state index in [0.717, 1.165) is 49.4 Å². The highest BCUT2D eigenvalue weighted by atomic mass is 79.9. The van der Waals surface area contributed by atoms with E-state index in [1.54, 1.807) is 4.90 Å². The summed E-state index contributed by atoms with van der Waals surface area (Å²) in [6, 6.07) is 0. The van der Waals surface area contributed by atoms with Gasteiger partial charge in [0.1, 0.15) is 21.5 Å². The third kappa shape index (κ3) is 4.14. The van der Waals surface area contributed by atoms with Gasteiger partial charge in [0.2, 0.25) is 0 Å². The molecule has 1 fully saturated rings. The van der Waals surface area contributed by atoms with Crippen LogP contribution in [-0.2, 0) is 11.2 Å². The normalized spacial score (nSPS) is 16.3. The van der Waals surface area contributed by atoms with Crippen LogP contribution in [0.2, 0.25) is 5.15 Å². The smallest absolute Gasteiger partial charge is 0.410 e. The molecule has 0 aliphatic carbocycles. The van der Waals surface area contributed by atoms with Crippen molar-refractivity contribution >= 4 is 39.1 Å². The Morgan fingerprint density at radius 1 is 1.38 bits per heavy atom. The number of nitrogens with zero attached hydrogens (tertiary/aromatic N) is 4. The number of aromatic nitrogens is 3. The van der Waals surface area contributed by atoms with Crippen molar-refractivity contribution in [2.24, 2.45) is 5.92 Å². The van der Waals surface area contributed by atoms with Crippen molar-refractivity contribution in [2.45, 2.75) is 52.6 Å². The van der Waals surface area contributed by atoms with Gasteiger partial charge in [0, 0.05) is 25.0 Å². The van der Waals surface area contributed by atoms with Gasteiger partial charge in [-0.1, -0.05) is 11.6 Å². The van der Waals surface area contributed by atoms with Crippen molar-refractivity contribution in [2.75, 3.05) is 13.1 Å². The third-order valence-electron chi connectivity index (χ3n) is 4.58. The molecular formula is C18H24BrClN4O2. The van der Waals surface area contributed by atoms with Crippen molar-refractivity contribution in [3.8, 4) is 0 Å². The number of imidazole rings is 1. The van der Waals surface area contributed by atoms with E-state index in [1.165, 1.54) is 0 Å². The minimum Gasteiger partial charge on any atom is -0.444 e. The van der Waals surface area contributed by atoms with Gasteiger partial charge in [-0.25, -0.2) is 14.8 Å². The Bertz CT molecular complexity index is 823. The van der Waals surface area contributed by atoms with Crippen molar-refractivity contribution in [3.05, 3.63) is 27.5 Å². The van der Waals surface area contributed by atoms with Gasteiger partial charge in [0.25, 0.3) is 0 Å². The molecule has 0 N–H and O–H groups in total. The molecule has 8 heteroatoms. The van der Waals surface area contributed by atoms with E-state index in [4.69, 9.17) is 16.3 Å². The van der Waals surface area contributed by atoms with Crippen LogP contribution in [0.15, 0.2) is 10.8 Å². The molecular weight excluding hydrogens is 420 g/mol. The molecule has 2 aromatic rings. The van der Waals surface area contributed by atoms with Crippen LogP contribution in [0.4, 0.5) is 4.79 Å². The zero-order valence-electron chi connectivity index (χ0n) is 15.6. The Morgan fingerprint density at radius 2 is 2.04 bits per heavy atom. The lowest BCUT2D eigenvalue weighted by atomic mass is 9.92. The molecule has 3 heterocycles. The molecule has 3 rings (SSSR count). The lowest BCUT2D eigenvalue weighted by Gasteiger charge is -2.33. The highest BCUT2D eigenvalue weighted by molar-refractivity contribution is 9.10.